The van der Waals surface area contributed by atoms with Gasteiger partial charge in [0, 0.05) is 13.5 Å². The molecule has 0 aromatic heterocycles. The molecule has 2 amide bonds. The molecule has 0 spiro atoms. The van der Waals surface area contributed by atoms with Crippen LogP contribution in [0.5, 0.6) is 0 Å². The Bertz CT molecular complexity index is 480. The van der Waals surface area contributed by atoms with Crippen LogP contribution in [0.1, 0.15) is 12.5 Å². The number of rotatable bonds is 7. The summed E-state index contributed by atoms with van der Waals surface area (Å²) >= 11 is 0. The summed E-state index contributed by atoms with van der Waals surface area (Å²) < 4.78 is 5.11. The summed E-state index contributed by atoms with van der Waals surface area (Å²) in [5.41, 5.74) is 0.979. The lowest BCUT2D eigenvalue weighted by molar-refractivity contribution is -0.129. The van der Waals surface area contributed by atoms with E-state index in [1.54, 1.807) is 0 Å². The molecule has 0 aliphatic rings. The van der Waals surface area contributed by atoms with Crippen molar-refractivity contribution in [3.05, 3.63) is 35.9 Å². The zero-order chi connectivity index (χ0) is 14.8. The molecule has 1 aromatic carbocycles. The monoisotopic (exact) mass is 274 g/mol. The Labute approximate surface area is 118 Å². The van der Waals surface area contributed by atoms with E-state index in [2.05, 4.69) is 16.6 Å². The van der Waals surface area contributed by atoms with Crippen molar-refractivity contribution < 1.29 is 14.3 Å². The first kappa shape index (κ1) is 15.7. The molecule has 0 aliphatic carbocycles. The van der Waals surface area contributed by atoms with E-state index >= 15 is 0 Å². The van der Waals surface area contributed by atoms with E-state index in [-0.39, 0.29) is 25.0 Å². The molecule has 0 unspecified atom stereocenters. The molecule has 1 atom stereocenters. The van der Waals surface area contributed by atoms with E-state index in [0.29, 0.717) is 6.54 Å². The summed E-state index contributed by atoms with van der Waals surface area (Å²) in [4.78, 5) is 23.1. The Morgan fingerprint density at radius 3 is 2.65 bits per heavy atom. The lowest BCUT2D eigenvalue weighted by atomic mass is 10.2. The SMILES string of the molecule is C#CCOC[C@@H](NC(C)=O)C(=O)NCc1ccccc1. The van der Waals surface area contributed by atoms with Crippen LogP contribution in [0.2, 0.25) is 0 Å². The second kappa shape index (κ2) is 8.73. The molecule has 0 bridgehead atoms. The summed E-state index contributed by atoms with van der Waals surface area (Å²) in [5.74, 6) is 1.70. The van der Waals surface area contributed by atoms with E-state index in [0.717, 1.165) is 5.56 Å². The second-order valence-electron chi connectivity index (χ2n) is 4.18. The van der Waals surface area contributed by atoms with E-state index < -0.39 is 6.04 Å². The number of ether oxygens (including phenoxy) is 1. The minimum Gasteiger partial charge on any atom is -0.366 e. The van der Waals surface area contributed by atoms with E-state index in [4.69, 9.17) is 11.2 Å². The van der Waals surface area contributed by atoms with Crippen LogP contribution in [-0.4, -0.2) is 31.1 Å². The van der Waals surface area contributed by atoms with E-state index in [1.165, 1.54) is 6.92 Å². The molecule has 0 fully saturated rings. The number of terminal acetylenes is 1. The average Bonchev–Trinajstić information content (AvgIpc) is 2.44. The van der Waals surface area contributed by atoms with Crippen LogP contribution < -0.4 is 10.6 Å². The average molecular weight is 274 g/mol. The van der Waals surface area contributed by atoms with Crippen LogP contribution in [0.3, 0.4) is 0 Å². The quantitative estimate of drug-likeness (QED) is 0.560. The van der Waals surface area contributed by atoms with E-state index in [1.807, 2.05) is 30.3 Å². The van der Waals surface area contributed by atoms with Gasteiger partial charge in [-0.2, -0.15) is 0 Å². The molecule has 106 valence electrons. The molecule has 5 nitrogen and oxygen atoms in total. The number of amides is 2. The van der Waals surface area contributed by atoms with Crippen molar-refractivity contribution in [1.82, 2.24) is 10.6 Å². The maximum absolute atomic E-state index is 12.0. The number of hydrogen-bond donors (Lipinski definition) is 2. The van der Waals surface area contributed by atoms with Crippen molar-refractivity contribution in [3.8, 4) is 12.3 Å². The first-order chi connectivity index (χ1) is 9.63. The molecular formula is C15H18N2O3. The molecule has 2 N–H and O–H groups in total. The van der Waals surface area contributed by atoms with Gasteiger partial charge in [-0.15, -0.1) is 6.42 Å². The summed E-state index contributed by atoms with van der Waals surface area (Å²) in [6.45, 7) is 1.88. The third-order valence-corrected chi connectivity index (χ3v) is 2.47. The van der Waals surface area contributed by atoms with Gasteiger partial charge in [0.2, 0.25) is 11.8 Å². The molecule has 0 aliphatic heterocycles. The molecule has 1 aromatic rings. The van der Waals surface area contributed by atoms with Gasteiger partial charge in [0.25, 0.3) is 0 Å². The van der Waals surface area contributed by atoms with Gasteiger partial charge in [-0.3, -0.25) is 9.59 Å². The lowest BCUT2D eigenvalue weighted by Crippen LogP contribution is -2.48. The highest BCUT2D eigenvalue weighted by Crippen LogP contribution is 1.98. The predicted molar refractivity (Wildman–Crippen MR) is 75.5 cm³/mol. The topological polar surface area (TPSA) is 67.4 Å². The number of hydrogen-bond acceptors (Lipinski definition) is 3. The standard InChI is InChI=1S/C15H18N2O3/c1-3-9-20-11-14(17-12(2)18)15(19)16-10-13-7-5-4-6-8-13/h1,4-8,14H,9-11H2,2H3,(H,16,19)(H,17,18)/t14-/m1/s1. The minimum absolute atomic E-state index is 0.0460. The minimum atomic E-state index is -0.746. The molecule has 0 saturated heterocycles. The number of nitrogens with one attached hydrogen (secondary N) is 2. The first-order valence-electron chi connectivity index (χ1n) is 6.23. The maximum Gasteiger partial charge on any atom is 0.245 e. The van der Waals surface area contributed by atoms with Crippen LogP contribution in [0, 0.1) is 12.3 Å². The summed E-state index contributed by atoms with van der Waals surface area (Å²) in [7, 11) is 0. The highest BCUT2D eigenvalue weighted by molar-refractivity contribution is 5.86. The molecule has 0 saturated carbocycles. The van der Waals surface area contributed by atoms with Crippen LogP contribution in [0.25, 0.3) is 0 Å². The lowest BCUT2D eigenvalue weighted by Gasteiger charge is -2.17. The molecule has 5 heteroatoms. The smallest absolute Gasteiger partial charge is 0.245 e. The molecule has 0 radical (unpaired) electrons. The van der Waals surface area contributed by atoms with Crippen molar-refractivity contribution in [3.63, 3.8) is 0 Å². The fourth-order valence-electron chi connectivity index (χ4n) is 1.57. The van der Waals surface area contributed by atoms with Gasteiger partial charge in [-0.05, 0) is 5.56 Å². The Kier molecular flexibility index (Phi) is 6.87. The summed E-state index contributed by atoms with van der Waals surface area (Å²) in [6.07, 6.45) is 5.06. The number of carbonyl (C=O) groups excluding carboxylic acids is 2. The number of carbonyl (C=O) groups is 2. The number of benzene rings is 1. The van der Waals surface area contributed by atoms with Crippen molar-refractivity contribution in [2.75, 3.05) is 13.2 Å². The van der Waals surface area contributed by atoms with Crippen molar-refractivity contribution >= 4 is 11.8 Å². The summed E-state index contributed by atoms with van der Waals surface area (Å²) in [5, 5.41) is 5.28. The molecule has 20 heavy (non-hydrogen) atoms. The van der Waals surface area contributed by atoms with Gasteiger partial charge in [-0.25, -0.2) is 0 Å². The Morgan fingerprint density at radius 2 is 2.05 bits per heavy atom. The van der Waals surface area contributed by atoms with Gasteiger partial charge in [-0.1, -0.05) is 36.3 Å². The van der Waals surface area contributed by atoms with Crippen LogP contribution in [-0.2, 0) is 20.9 Å². The Morgan fingerprint density at radius 1 is 1.35 bits per heavy atom. The zero-order valence-electron chi connectivity index (χ0n) is 11.4. The van der Waals surface area contributed by atoms with Gasteiger partial charge >= 0.3 is 0 Å². The largest absolute Gasteiger partial charge is 0.366 e. The van der Waals surface area contributed by atoms with Crippen molar-refractivity contribution in [1.29, 1.82) is 0 Å². The first-order valence-corrected chi connectivity index (χ1v) is 6.23. The van der Waals surface area contributed by atoms with Gasteiger partial charge in [0.1, 0.15) is 12.6 Å². The molecular weight excluding hydrogens is 256 g/mol. The van der Waals surface area contributed by atoms with Crippen molar-refractivity contribution in [2.24, 2.45) is 0 Å². The molecule has 1 rings (SSSR count). The Hall–Kier alpha value is -2.32. The van der Waals surface area contributed by atoms with Gasteiger partial charge < -0.3 is 15.4 Å². The van der Waals surface area contributed by atoms with Crippen LogP contribution in [0.15, 0.2) is 30.3 Å². The second-order valence-corrected chi connectivity index (χ2v) is 4.18. The highest BCUT2D eigenvalue weighted by atomic mass is 16.5. The van der Waals surface area contributed by atoms with E-state index in [9.17, 15) is 9.59 Å². The third kappa shape index (κ3) is 6.03. The molecule has 0 heterocycles. The maximum atomic E-state index is 12.0. The fourth-order valence-corrected chi connectivity index (χ4v) is 1.57. The highest BCUT2D eigenvalue weighted by Gasteiger charge is 2.19. The summed E-state index contributed by atoms with van der Waals surface area (Å²) in [6, 6.07) is 8.75. The Balaban J connectivity index is 2.49. The van der Waals surface area contributed by atoms with Crippen LogP contribution in [0.4, 0.5) is 0 Å². The van der Waals surface area contributed by atoms with Crippen LogP contribution >= 0.6 is 0 Å². The predicted octanol–water partition coefficient (Wildman–Crippen LogP) is 0.457. The van der Waals surface area contributed by atoms with Gasteiger partial charge in [0.15, 0.2) is 0 Å². The fraction of sp³-hybridized carbons (Fsp3) is 0.333. The van der Waals surface area contributed by atoms with Crippen molar-refractivity contribution in [2.45, 2.75) is 19.5 Å². The third-order valence-electron chi connectivity index (χ3n) is 2.47. The normalized spacial score (nSPS) is 11.2. The van der Waals surface area contributed by atoms with Gasteiger partial charge in [0.05, 0.1) is 6.61 Å². The zero-order valence-corrected chi connectivity index (χ0v) is 11.4.